The summed E-state index contributed by atoms with van der Waals surface area (Å²) in [4.78, 5) is 5.65. The number of hydrogen-bond acceptors (Lipinski definition) is 2. The van der Waals surface area contributed by atoms with Gasteiger partial charge in [-0.3, -0.25) is 4.99 Å². The molecule has 1 nitrogen and oxygen atoms in total. The highest BCUT2D eigenvalue weighted by Crippen LogP contribution is 2.48. The van der Waals surface area contributed by atoms with Gasteiger partial charge in [0.1, 0.15) is 0 Å². The Morgan fingerprint density at radius 3 is 2.30 bits per heavy atom. The second-order valence-corrected chi connectivity index (χ2v) is 18.8. The van der Waals surface area contributed by atoms with Crippen molar-refractivity contribution in [1.82, 2.24) is 0 Å². The van der Waals surface area contributed by atoms with Crippen LogP contribution in [0.15, 0.2) is 162 Å². The predicted octanol–water partition coefficient (Wildman–Crippen LogP) is 16.4. The van der Waals surface area contributed by atoms with Crippen molar-refractivity contribution in [3.8, 4) is 0 Å². The summed E-state index contributed by atoms with van der Waals surface area (Å²) in [7, 11) is 0. The van der Waals surface area contributed by atoms with Gasteiger partial charge in [-0.25, -0.2) is 0 Å². The van der Waals surface area contributed by atoms with Crippen LogP contribution < -0.4 is 0 Å². The summed E-state index contributed by atoms with van der Waals surface area (Å²) in [6.07, 6.45) is 23.8. The molecule has 2 heterocycles. The van der Waals surface area contributed by atoms with E-state index in [2.05, 4.69) is 172 Å². The first-order valence-corrected chi connectivity index (χ1v) is 23.6. The Hall–Kier alpha value is -5.83. The van der Waals surface area contributed by atoms with Crippen LogP contribution in [0.3, 0.4) is 0 Å². The van der Waals surface area contributed by atoms with Crippen molar-refractivity contribution in [2.24, 2.45) is 10.9 Å². The molecule has 3 aliphatic carbocycles. The van der Waals surface area contributed by atoms with Gasteiger partial charge in [0.05, 0.1) is 6.04 Å². The summed E-state index contributed by atoms with van der Waals surface area (Å²) >= 11 is 1.90. The van der Waals surface area contributed by atoms with Crippen molar-refractivity contribution in [3.05, 3.63) is 201 Å². The maximum atomic E-state index is 5.65. The van der Waals surface area contributed by atoms with E-state index in [1.165, 1.54) is 86.8 Å². The van der Waals surface area contributed by atoms with E-state index in [9.17, 15) is 0 Å². The maximum absolute atomic E-state index is 5.65. The Morgan fingerprint density at radius 1 is 0.672 bits per heavy atom. The molecule has 7 aromatic rings. The van der Waals surface area contributed by atoms with Crippen molar-refractivity contribution < 1.29 is 0 Å². The minimum atomic E-state index is 0.228. The van der Waals surface area contributed by atoms with Gasteiger partial charge in [0.25, 0.3) is 0 Å². The van der Waals surface area contributed by atoms with E-state index in [1.54, 1.807) is 16.7 Å². The predicted molar refractivity (Wildman–Crippen MR) is 265 cm³/mol. The molecule has 0 amide bonds. The van der Waals surface area contributed by atoms with E-state index >= 15 is 0 Å². The SMILES string of the molecule is CC/C1=C(\c2cccc(C3CC=Cc4c3c3c(c5ccccc45)C=C(c4ccc5sc6ccccc6c5c4)CC3)c2)[C@H](C)CC[C@H](C2=CC=CCC2)N=C(c2ccccc2)C1. The van der Waals surface area contributed by atoms with Gasteiger partial charge < -0.3 is 0 Å². The molecular weight excluding hydrogens is 755 g/mol. The number of fused-ring (bicyclic) bond motifs is 9. The van der Waals surface area contributed by atoms with E-state index in [4.69, 9.17) is 4.99 Å². The molecular formula is C59H53NS. The first kappa shape index (κ1) is 38.1. The Kier molecular flexibility index (Phi) is 10.1. The van der Waals surface area contributed by atoms with Crippen molar-refractivity contribution in [2.75, 3.05) is 0 Å². The number of aliphatic imine (C=N–C) groups is 1. The third kappa shape index (κ3) is 7.00. The van der Waals surface area contributed by atoms with Gasteiger partial charge in [-0.2, -0.15) is 0 Å². The second kappa shape index (κ2) is 16.2. The highest BCUT2D eigenvalue weighted by Gasteiger charge is 2.30. The molecule has 1 unspecified atom stereocenters. The zero-order valence-electron chi connectivity index (χ0n) is 35.5. The minimum Gasteiger partial charge on any atom is -0.281 e. The molecule has 0 saturated carbocycles. The van der Waals surface area contributed by atoms with Gasteiger partial charge in [-0.1, -0.05) is 159 Å². The summed E-state index contributed by atoms with van der Waals surface area (Å²) in [5.74, 6) is 0.735. The lowest BCUT2D eigenvalue weighted by atomic mass is 9.72. The lowest BCUT2D eigenvalue weighted by Gasteiger charge is -2.31. The van der Waals surface area contributed by atoms with E-state index in [0.29, 0.717) is 11.8 Å². The average molecular weight is 808 g/mol. The molecule has 0 fully saturated rings. The molecule has 11 rings (SSSR count). The third-order valence-electron chi connectivity index (χ3n) is 14.2. The summed E-state index contributed by atoms with van der Waals surface area (Å²) < 4.78 is 2.73. The third-order valence-corrected chi connectivity index (χ3v) is 15.4. The number of thiophene rings is 1. The topological polar surface area (TPSA) is 12.4 Å². The molecule has 6 aromatic carbocycles. The molecule has 1 aromatic heterocycles. The molecule has 0 saturated heterocycles. The molecule has 61 heavy (non-hydrogen) atoms. The standard InChI is InChI=1S/C59H53NS/c1-3-39-37-55(41-18-8-5-9-19-41)60-54(40-16-6-4-7-17-40)32-28-38(2)58(39)45-21-14-20-44(34-45)46-25-15-26-50-47-22-10-11-23-48(47)52-35-42(29-31-51(52)59(46)50)43-30-33-57-53(36-43)49-24-12-13-27-56(49)61-57/h4-6,8-16,18-24,26-27,30,33-36,38,46,54H,3,7,17,25,28-29,31-32,37H2,1-2H3/b58-39+,60-55?/t38-,46?,54-/m1/s1. The first-order valence-electron chi connectivity index (χ1n) is 22.8. The Morgan fingerprint density at radius 2 is 1.46 bits per heavy atom. The lowest BCUT2D eigenvalue weighted by molar-refractivity contribution is 0.562. The molecule has 3 atom stereocenters. The van der Waals surface area contributed by atoms with Crippen LogP contribution in [-0.4, -0.2) is 11.8 Å². The van der Waals surface area contributed by atoms with Crippen LogP contribution in [0.4, 0.5) is 0 Å². The van der Waals surface area contributed by atoms with Crippen LogP contribution in [0.1, 0.15) is 116 Å². The highest BCUT2D eigenvalue weighted by atomic mass is 32.1. The average Bonchev–Trinajstić information content (AvgIpc) is 3.73. The molecule has 1 aliphatic heterocycles. The van der Waals surface area contributed by atoms with Crippen LogP contribution in [0.5, 0.6) is 0 Å². The van der Waals surface area contributed by atoms with Crippen molar-refractivity contribution in [1.29, 1.82) is 0 Å². The summed E-state index contributed by atoms with van der Waals surface area (Å²) in [6.45, 7) is 4.85. The molecule has 0 N–H and O–H groups in total. The monoisotopic (exact) mass is 807 g/mol. The summed E-state index contributed by atoms with van der Waals surface area (Å²) in [5, 5.41) is 5.49. The van der Waals surface area contributed by atoms with Crippen molar-refractivity contribution >= 4 is 71.3 Å². The quantitative estimate of drug-likeness (QED) is 0.159. The van der Waals surface area contributed by atoms with Gasteiger partial charge in [-0.05, 0) is 147 Å². The molecule has 0 radical (unpaired) electrons. The van der Waals surface area contributed by atoms with Crippen LogP contribution in [0.2, 0.25) is 0 Å². The molecule has 300 valence electrons. The number of allylic oxidation sites excluding steroid dienone is 7. The van der Waals surface area contributed by atoms with E-state index in [1.807, 2.05) is 11.3 Å². The normalized spacial score (nSPS) is 21.6. The van der Waals surface area contributed by atoms with Crippen LogP contribution in [0.25, 0.3) is 54.2 Å². The molecule has 2 heteroatoms. The fraction of sp³-hybridized carbons (Fsp3) is 0.237. The molecule has 4 aliphatic rings. The summed E-state index contributed by atoms with van der Waals surface area (Å²) in [5.41, 5.74) is 18.6. The Balaban J connectivity index is 1.01. The fourth-order valence-electron chi connectivity index (χ4n) is 11.2. The number of rotatable bonds is 6. The maximum Gasteiger partial charge on any atom is 0.0716 e. The number of hydrogen-bond donors (Lipinski definition) is 0. The van der Waals surface area contributed by atoms with Crippen molar-refractivity contribution in [2.45, 2.75) is 83.6 Å². The van der Waals surface area contributed by atoms with E-state index < -0.39 is 0 Å². The van der Waals surface area contributed by atoms with Gasteiger partial charge in [0.2, 0.25) is 0 Å². The van der Waals surface area contributed by atoms with Crippen molar-refractivity contribution in [3.63, 3.8) is 0 Å². The largest absolute Gasteiger partial charge is 0.281 e. The Bertz CT molecular complexity index is 3030. The first-order chi connectivity index (χ1) is 30.1. The zero-order valence-corrected chi connectivity index (χ0v) is 36.3. The smallest absolute Gasteiger partial charge is 0.0716 e. The number of benzene rings is 6. The Labute approximate surface area is 365 Å². The van der Waals surface area contributed by atoms with Crippen LogP contribution >= 0.6 is 11.3 Å². The van der Waals surface area contributed by atoms with Gasteiger partial charge in [0.15, 0.2) is 0 Å². The highest BCUT2D eigenvalue weighted by molar-refractivity contribution is 7.25. The second-order valence-electron chi connectivity index (χ2n) is 17.8. The fourth-order valence-corrected chi connectivity index (χ4v) is 12.3. The van der Waals surface area contributed by atoms with E-state index in [-0.39, 0.29) is 6.04 Å². The summed E-state index contributed by atoms with van der Waals surface area (Å²) in [6, 6.07) is 46.2. The molecule has 0 bridgehead atoms. The number of nitrogens with zero attached hydrogens (tertiary/aromatic N) is 1. The van der Waals surface area contributed by atoms with Gasteiger partial charge in [0, 0.05) is 38.2 Å². The van der Waals surface area contributed by atoms with Gasteiger partial charge >= 0.3 is 0 Å². The minimum absolute atomic E-state index is 0.228. The van der Waals surface area contributed by atoms with E-state index in [0.717, 1.165) is 57.8 Å². The van der Waals surface area contributed by atoms with Crippen LogP contribution in [-0.2, 0) is 6.42 Å². The van der Waals surface area contributed by atoms with Crippen LogP contribution in [0, 0.1) is 5.92 Å². The zero-order chi connectivity index (χ0) is 40.9. The lowest BCUT2D eigenvalue weighted by Crippen LogP contribution is -2.15. The molecule has 0 spiro atoms. The van der Waals surface area contributed by atoms with Gasteiger partial charge in [-0.15, -0.1) is 11.3 Å².